The number of nitrogens with zero attached hydrogens (tertiary/aromatic N) is 3. The van der Waals surface area contributed by atoms with Gasteiger partial charge in [-0.25, -0.2) is 4.68 Å². The molecule has 0 aliphatic rings. The zero-order chi connectivity index (χ0) is 26.9. The molecule has 2 aromatic carbocycles. The minimum absolute atomic E-state index is 0.262. The van der Waals surface area contributed by atoms with Gasteiger partial charge in [-0.1, -0.05) is 50.2 Å². The van der Waals surface area contributed by atoms with Gasteiger partial charge in [-0.05, 0) is 30.2 Å². The quantitative estimate of drug-likeness (QED) is 0.235. The fourth-order valence-corrected chi connectivity index (χ4v) is 4.25. The Bertz CT molecular complexity index is 1250. The molecule has 1 atom stereocenters. The van der Waals surface area contributed by atoms with Crippen LogP contribution in [0, 0.1) is 5.92 Å². The SMILES string of the molecule is COc1cccc(Oc2c(CN(Cc3ccco3)CC(O)COCC(C)C)c(-c3ccccc3)nn2C)c1. The molecule has 0 fully saturated rings. The number of hydrogen-bond acceptors (Lipinski definition) is 7. The summed E-state index contributed by atoms with van der Waals surface area (Å²) in [6.07, 6.45) is 0.996. The van der Waals surface area contributed by atoms with E-state index in [0.717, 1.165) is 22.6 Å². The van der Waals surface area contributed by atoms with Crippen LogP contribution < -0.4 is 9.47 Å². The molecule has 4 aromatic rings. The second-order valence-corrected chi connectivity index (χ2v) is 9.74. The van der Waals surface area contributed by atoms with Crippen molar-refractivity contribution in [1.29, 1.82) is 0 Å². The van der Waals surface area contributed by atoms with Gasteiger partial charge in [0.25, 0.3) is 0 Å². The maximum atomic E-state index is 10.8. The summed E-state index contributed by atoms with van der Waals surface area (Å²) in [6.45, 7) is 6.42. The van der Waals surface area contributed by atoms with Crippen molar-refractivity contribution in [2.24, 2.45) is 13.0 Å². The van der Waals surface area contributed by atoms with E-state index in [-0.39, 0.29) is 6.61 Å². The van der Waals surface area contributed by atoms with Gasteiger partial charge in [0.2, 0.25) is 5.88 Å². The molecule has 202 valence electrons. The van der Waals surface area contributed by atoms with Crippen molar-refractivity contribution < 1.29 is 23.7 Å². The molecule has 1 unspecified atom stereocenters. The molecule has 0 saturated heterocycles. The fraction of sp³-hybridized carbons (Fsp3) is 0.367. The van der Waals surface area contributed by atoms with Gasteiger partial charge in [0.1, 0.15) is 23.0 Å². The highest BCUT2D eigenvalue weighted by Gasteiger charge is 2.24. The van der Waals surface area contributed by atoms with E-state index >= 15 is 0 Å². The van der Waals surface area contributed by atoms with Crippen LogP contribution in [-0.4, -0.2) is 52.8 Å². The normalized spacial score (nSPS) is 12.3. The average Bonchev–Trinajstić information content (AvgIpc) is 3.52. The second-order valence-electron chi connectivity index (χ2n) is 9.74. The number of methoxy groups -OCH3 is 1. The number of hydrogen-bond donors (Lipinski definition) is 1. The molecule has 8 heteroatoms. The van der Waals surface area contributed by atoms with Crippen LogP contribution in [-0.2, 0) is 24.9 Å². The van der Waals surface area contributed by atoms with Crippen LogP contribution >= 0.6 is 0 Å². The average molecular weight is 520 g/mol. The van der Waals surface area contributed by atoms with Crippen LogP contribution in [0.3, 0.4) is 0 Å². The topological polar surface area (TPSA) is 82.1 Å². The van der Waals surface area contributed by atoms with Crippen molar-refractivity contribution in [2.45, 2.75) is 33.0 Å². The Morgan fingerprint density at radius 1 is 0.974 bits per heavy atom. The zero-order valence-corrected chi connectivity index (χ0v) is 22.5. The molecule has 2 aromatic heterocycles. The summed E-state index contributed by atoms with van der Waals surface area (Å²) in [5.41, 5.74) is 2.71. The Kier molecular flexibility index (Phi) is 9.59. The van der Waals surface area contributed by atoms with Crippen LogP contribution in [0.1, 0.15) is 25.2 Å². The highest BCUT2D eigenvalue weighted by atomic mass is 16.5. The number of aliphatic hydroxyl groups is 1. The number of benzene rings is 2. The van der Waals surface area contributed by atoms with Gasteiger partial charge in [0, 0.05) is 38.4 Å². The number of rotatable bonds is 14. The molecular formula is C30H37N3O5. The van der Waals surface area contributed by atoms with E-state index in [1.807, 2.05) is 73.8 Å². The Morgan fingerprint density at radius 2 is 1.76 bits per heavy atom. The third-order valence-corrected chi connectivity index (χ3v) is 5.96. The highest BCUT2D eigenvalue weighted by Crippen LogP contribution is 2.35. The molecule has 0 bridgehead atoms. The van der Waals surface area contributed by atoms with Crippen LogP contribution in [0.15, 0.2) is 77.4 Å². The lowest BCUT2D eigenvalue weighted by atomic mass is 10.1. The summed E-state index contributed by atoms with van der Waals surface area (Å²) in [5.74, 6) is 3.18. The molecule has 0 spiro atoms. The van der Waals surface area contributed by atoms with E-state index in [9.17, 15) is 5.11 Å². The third kappa shape index (κ3) is 7.47. The van der Waals surface area contributed by atoms with Gasteiger partial charge in [-0.15, -0.1) is 0 Å². The lowest BCUT2D eigenvalue weighted by Crippen LogP contribution is -2.34. The summed E-state index contributed by atoms with van der Waals surface area (Å²) < 4.78 is 24.9. The first-order valence-electron chi connectivity index (χ1n) is 12.9. The Morgan fingerprint density at radius 3 is 2.47 bits per heavy atom. The maximum absolute atomic E-state index is 10.8. The van der Waals surface area contributed by atoms with E-state index in [4.69, 9.17) is 23.7 Å². The van der Waals surface area contributed by atoms with Gasteiger partial charge in [-0.2, -0.15) is 5.10 Å². The molecule has 4 rings (SSSR count). The predicted molar refractivity (Wildman–Crippen MR) is 146 cm³/mol. The van der Waals surface area contributed by atoms with Gasteiger partial charge < -0.3 is 23.7 Å². The zero-order valence-electron chi connectivity index (χ0n) is 22.5. The van der Waals surface area contributed by atoms with Gasteiger partial charge >= 0.3 is 0 Å². The first-order valence-corrected chi connectivity index (χ1v) is 12.9. The molecule has 0 aliphatic heterocycles. The summed E-state index contributed by atoms with van der Waals surface area (Å²) in [4.78, 5) is 2.13. The lowest BCUT2D eigenvalue weighted by Gasteiger charge is -2.25. The van der Waals surface area contributed by atoms with E-state index in [0.29, 0.717) is 49.5 Å². The van der Waals surface area contributed by atoms with Crippen molar-refractivity contribution in [1.82, 2.24) is 14.7 Å². The maximum Gasteiger partial charge on any atom is 0.222 e. The Balaban J connectivity index is 1.66. The van der Waals surface area contributed by atoms with Gasteiger partial charge in [-0.3, -0.25) is 4.90 Å². The van der Waals surface area contributed by atoms with Crippen molar-refractivity contribution in [3.63, 3.8) is 0 Å². The summed E-state index contributed by atoms with van der Waals surface area (Å²) in [7, 11) is 3.50. The Hall–Kier alpha value is -3.59. The number of ether oxygens (including phenoxy) is 3. The smallest absolute Gasteiger partial charge is 0.222 e. The second kappa shape index (κ2) is 13.3. The van der Waals surface area contributed by atoms with Crippen molar-refractivity contribution >= 4 is 0 Å². The summed E-state index contributed by atoms with van der Waals surface area (Å²) in [6, 6.07) is 21.3. The first kappa shape index (κ1) is 27.4. The molecule has 0 aliphatic carbocycles. The van der Waals surface area contributed by atoms with E-state index < -0.39 is 6.10 Å². The van der Waals surface area contributed by atoms with E-state index in [1.165, 1.54) is 0 Å². The minimum Gasteiger partial charge on any atom is -0.497 e. The van der Waals surface area contributed by atoms with Crippen LogP contribution in [0.25, 0.3) is 11.3 Å². The predicted octanol–water partition coefficient (Wildman–Crippen LogP) is 5.52. The van der Waals surface area contributed by atoms with Crippen LogP contribution in [0.5, 0.6) is 17.4 Å². The minimum atomic E-state index is -0.664. The van der Waals surface area contributed by atoms with Crippen LogP contribution in [0.2, 0.25) is 0 Å². The number of aromatic nitrogens is 2. The molecule has 38 heavy (non-hydrogen) atoms. The summed E-state index contributed by atoms with van der Waals surface area (Å²) >= 11 is 0. The standard InChI is InChI=1S/C30H37N3O5/c1-22(2)20-36-21-24(34)17-33(18-27-14-9-15-37-27)19-28-29(23-10-6-5-7-11-23)31-32(3)30(28)38-26-13-8-12-25(16-26)35-4/h5-16,22,24,34H,17-21H2,1-4H3. The fourth-order valence-electron chi connectivity index (χ4n) is 4.25. The molecule has 2 heterocycles. The lowest BCUT2D eigenvalue weighted by molar-refractivity contribution is 0.00453. The third-order valence-electron chi connectivity index (χ3n) is 5.96. The number of furan rings is 1. The van der Waals surface area contributed by atoms with Gasteiger partial charge in [0.15, 0.2) is 0 Å². The van der Waals surface area contributed by atoms with E-state index in [1.54, 1.807) is 18.1 Å². The first-order chi connectivity index (χ1) is 18.4. The molecule has 0 amide bonds. The molecule has 0 saturated carbocycles. The van der Waals surface area contributed by atoms with Gasteiger partial charge in [0.05, 0.1) is 38.2 Å². The van der Waals surface area contributed by atoms with Crippen molar-refractivity contribution in [2.75, 3.05) is 26.9 Å². The largest absolute Gasteiger partial charge is 0.497 e. The molecule has 1 N–H and O–H groups in total. The molecular weight excluding hydrogens is 482 g/mol. The number of aliphatic hydroxyl groups excluding tert-OH is 1. The van der Waals surface area contributed by atoms with Crippen molar-refractivity contribution in [3.8, 4) is 28.6 Å². The highest BCUT2D eigenvalue weighted by molar-refractivity contribution is 5.65. The summed E-state index contributed by atoms with van der Waals surface area (Å²) in [5, 5.41) is 15.7. The monoisotopic (exact) mass is 519 g/mol. The van der Waals surface area contributed by atoms with E-state index in [2.05, 4.69) is 18.7 Å². The molecule has 0 radical (unpaired) electrons. The van der Waals surface area contributed by atoms with Crippen LogP contribution in [0.4, 0.5) is 0 Å². The molecule has 8 nitrogen and oxygen atoms in total. The number of aryl methyl sites for hydroxylation is 1. The Labute approximate surface area is 224 Å². The van der Waals surface area contributed by atoms with Crippen molar-refractivity contribution in [3.05, 3.63) is 84.3 Å².